The molecule has 0 radical (unpaired) electrons. The van der Waals surface area contributed by atoms with Crippen molar-refractivity contribution >= 4 is 35.5 Å². The van der Waals surface area contributed by atoms with Gasteiger partial charge in [-0.15, -0.1) is 0 Å². The number of benzene rings is 4. The molecule has 2 nitrogen and oxygen atoms in total. The molecule has 0 saturated heterocycles. The highest BCUT2D eigenvalue weighted by molar-refractivity contribution is 5.81. The standard InChI is InChI=1S/C29H25NO/c1-22-18-23(2)20-26(19-22)9-8-24-10-14-28(15-11-24)30(27-6-4-3-5-7-27)29-16-12-25(21-31)13-17-29/h3-21H,1-2H3. The lowest BCUT2D eigenvalue weighted by molar-refractivity contribution is 0.112. The minimum atomic E-state index is 0.670. The van der Waals surface area contributed by atoms with Gasteiger partial charge in [0, 0.05) is 22.6 Å². The van der Waals surface area contributed by atoms with Gasteiger partial charge in [-0.25, -0.2) is 0 Å². The van der Waals surface area contributed by atoms with Crippen LogP contribution in [0.15, 0.2) is 97.1 Å². The maximum atomic E-state index is 11.0. The summed E-state index contributed by atoms with van der Waals surface area (Å²) in [6.07, 6.45) is 5.17. The summed E-state index contributed by atoms with van der Waals surface area (Å²) in [4.78, 5) is 13.2. The molecule has 0 heterocycles. The van der Waals surface area contributed by atoms with Crippen LogP contribution in [-0.2, 0) is 0 Å². The largest absolute Gasteiger partial charge is 0.311 e. The molecule has 152 valence electrons. The molecule has 0 unspecified atom stereocenters. The Bertz CT molecular complexity index is 1170. The molecule has 0 spiro atoms. The maximum Gasteiger partial charge on any atom is 0.150 e. The van der Waals surface area contributed by atoms with E-state index in [1.807, 2.05) is 42.5 Å². The highest BCUT2D eigenvalue weighted by atomic mass is 16.1. The van der Waals surface area contributed by atoms with Crippen LogP contribution in [0.1, 0.15) is 32.6 Å². The number of hydrogen-bond donors (Lipinski definition) is 0. The zero-order chi connectivity index (χ0) is 21.6. The fourth-order valence-electron chi connectivity index (χ4n) is 3.76. The van der Waals surface area contributed by atoms with E-state index in [1.165, 1.54) is 16.7 Å². The highest BCUT2D eigenvalue weighted by Crippen LogP contribution is 2.34. The van der Waals surface area contributed by atoms with Crippen LogP contribution in [0.5, 0.6) is 0 Å². The molecule has 0 bridgehead atoms. The van der Waals surface area contributed by atoms with E-state index in [4.69, 9.17) is 0 Å². The molecule has 4 rings (SSSR count). The first-order chi connectivity index (χ1) is 15.1. The van der Waals surface area contributed by atoms with E-state index in [-0.39, 0.29) is 0 Å². The topological polar surface area (TPSA) is 20.3 Å². The van der Waals surface area contributed by atoms with Crippen LogP contribution in [0.25, 0.3) is 12.2 Å². The second-order valence-electron chi connectivity index (χ2n) is 7.73. The van der Waals surface area contributed by atoms with Gasteiger partial charge in [-0.05, 0) is 73.5 Å². The third-order valence-electron chi connectivity index (χ3n) is 5.17. The summed E-state index contributed by atoms with van der Waals surface area (Å²) >= 11 is 0. The predicted octanol–water partition coefficient (Wildman–Crippen LogP) is 7.76. The number of aryl methyl sites for hydroxylation is 2. The molecule has 0 fully saturated rings. The molecule has 0 amide bonds. The SMILES string of the molecule is Cc1cc(C)cc(C=Cc2ccc(N(c3ccccc3)c3ccc(C=O)cc3)cc2)c1. The summed E-state index contributed by atoms with van der Waals surface area (Å²) in [6, 6.07) is 33.0. The number of carbonyl (C=O) groups excluding carboxylic acids is 1. The highest BCUT2D eigenvalue weighted by Gasteiger charge is 2.11. The van der Waals surface area contributed by atoms with Crippen molar-refractivity contribution in [2.75, 3.05) is 4.90 Å². The summed E-state index contributed by atoms with van der Waals surface area (Å²) in [7, 11) is 0. The first kappa shape index (κ1) is 20.4. The minimum absolute atomic E-state index is 0.670. The first-order valence-electron chi connectivity index (χ1n) is 10.4. The summed E-state index contributed by atoms with van der Waals surface area (Å²) in [5, 5.41) is 0. The molecule has 0 aliphatic rings. The fraction of sp³-hybridized carbons (Fsp3) is 0.0690. The maximum absolute atomic E-state index is 11.0. The van der Waals surface area contributed by atoms with E-state index in [9.17, 15) is 4.79 Å². The van der Waals surface area contributed by atoms with Crippen LogP contribution < -0.4 is 4.90 Å². The summed E-state index contributed by atoms with van der Waals surface area (Å²) in [5.74, 6) is 0. The number of rotatable bonds is 6. The van der Waals surface area contributed by atoms with Crippen LogP contribution in [0, 0.1) is 13.8 Å². The number of nitrogens with zero attached hydrogens (tertiary/aromatic N) is 1. The molecule has 4 aromatic carbocycles. The smallest absolute Gasteiger partial charge is 0.150 e. The van der Waals surface area contributed by atoms with Crippen molar-refractivity contribution in [3.63, 3.8) is 0 Å². The quantitative estimate of drug-likeness (QED) is 0.242. The van der Waals surface area contributed by atoms with E-state index in [2.05, 4.69) is 85.5 Å². The van der Waals surface area contributed by atoms with Crippen molar-refractivity contribution in [1.82, 2.24) is 0 Å². The summed E-state index contributed by atoms with van der Waals surface area (Å²) in [6.45, 7) is 4.25. The van der Waals surface area contributed by atoms with Gasteiger partial charge in [0.25, 0.3) is 0 Å². The van der Waals surface area contributed by atoms with Gasteiger partial charge >= 0.3 is 0 Å². The van der Waals surface area contributed by atoms with E-state index < -0.39 is 0 Å². The Morgan fingerprint density at radius 2 is 1.03 bits per heavy atom. The van der Waals surface area contributed by atoms with Gasteiger partial charge in [0.05, 0.1) is 0 Å². The van der Waals surface area contributed by atoms with E-state index >= 15 is 0 Å². The molecular formula is C29H25NO. The Morgan fingerprint density at radius 3 is 1.58 bits per heavy atom. The van der Waals surface area contributed by atoms with Gasteiger partial charge in [0.2, 0.25) is 0 Å². The van der Waals surface area contributed by atoms with Crippen molar-refractivity contribution in [1.29, 1.82) is 0 Å². The predicted molar refractivity (Wildman–Crippen MR) is 131 cm³/mol. The molecule has 0 aliphatic heterocycles. The van der Waals surface area contributed by atoms with Gasteiger partial charge in [0.1, 0.15) is 6.29 Å². The van der Waals surface area contributed by atoms with Crippen LogP contribution in [0.4, 0.5) is 17.1 Å². The van der Waals surface area contributed by atoms with Gasteiger partial charge in [-0.2, -0.15) is 0 Å². The zero-order valence-corrected chi connectivity index (χ0v) is 17.8. The van der Waals surface area contributed by atoms with Crippen molar-refractivity contribution < 1.29 is 4.79 Å². The lowest BCUT2D eigenvalue weighted by atomic mass is 10.1. The molecule has 2 heteroatoms. The second-order valence-corrected chi connectivity index (χ2v) is 7.73. The molecule has 31 heavy (non-hydrogen) atoms. The third kappa shape index (κ3) is 4.99. The Balaban J connectivity index is 1.64. The molecule has 0 atom stereocenters. The lowest BCUT2D eigenvalue weighted by Crippen LogP contribution is -2.09. The number of carbonyl (C=O) groups is 1. The normalized spacial score (nSPS) is 10.9. The lowest BCUT2D eigenvalue weighted by Gasteiger charge is -2.25. The Kier molecular flexibility index (Phi) is 6.09. The summed E-state index contributed by atoms with van der Waals surface area (Å²) < 4.78 is 0. The second kappa shape index (κ2) is 9.27. The monoisotopic (exact) mass is 403 g/mol. The Labute approximate surface area is 184 Å². The molecule has 0 aromatic heterocycles. The van der Waals surface area contributed by atoms with Crippen LogP contribution in [0.3, 0.4) is 0 Å². The van der Waals surface area contributed by atoms with Crippen LogP contribution >= 0.6 is 0 Å². The molecule has 0 N–H and O–H groups in total. The fourth-order valence-corrected chi connectivity index (χ4v) is 3.76. The van der Waals surface area contributed by atoms with Crippen molar-refractivity contribution in [3.8, 4) is 0 Å². The van der Waals surface area contributed by atoms with Crippen LogP contribution in [0.2, 0.25) is 0 Å². The number of hydrogen-bond acceptors (Lipinski definition) is 2. The Hall–Kier alpha value is -3.91. The molecule has 4 aromatic rings. The molecular weight excluding hydrogens is 378 g/mol. The number of anilines is 3. The van der Waals surface area contributed by atoms with Crippen molar-refractivity contribution in [2.24, 2.45) is 0 Å². The first-order valence-corrected chi connectivity index (χ1v) is 10.4. The van der Waals surface area contributed by atoms with Crippen molar-refractivity contribution in [3.05, 3.63) is 125 Å². The summed E-state index contributed by atoms with van der Waals surface area (Å²) in [5.41, 5.74) is 8.71. The average molecular weight is 404 g/mol. The van der Waals surface area contributed by atoms with Gasteiger partial charge in [0.15, 0.2) is 0 Å². The number of aldehydes is 1. The molecule has 0 aliphatic carbocycles. The van der Waals surface area contributed by atoms with Gasteiger partial charge < -0.3 is 4.90 Å². The Morgan fingerprint density at radius 1 is 0.548 bits per heavy atom. The van der Waals surface area contributed by atoms with E-state index in [1.54, 1.807) is 0 Å². The zero-order valence-electron chi connectivity index (χ0n) is 17.8. The third-order valence-corrected chi connectivity index (χ3v) is 5.17. The van der Waals surface area contributed by atoms with Gasteiger partial charge in [-0.1, -0.05) is 71.8 Å². The van der Waals surface area contributed by atoms with Crippen LogP contribution in [-0.4, -0.2) is 6.29 Å². The van der Waals surface area contributed by atoms with Gasteiger partial charge in [-0.3, -0.25) is 4.79 Å². The van der Waals surface area contributed by atoms with E-state index in [0.29, 0.717) is 5.56 Å². The molecule has 0 saturated carbocycles. The number of para-hydroxylation sites is 1. The van der Waals surface area contributed by atoms with Crippen molar-refractivity contribution in [2.45, 2.75) is 13.8 Å². The average Bonchev–Trinajstić information content (AvgIpc) is 2.79. The minimum Gasteiger partial charge on any atom is -0.311 e. The van der Waals surface area contributed by atoms with E-state index in [0.717, 1.165) is 28.9 Å².